The predicted molar refractivity (Wildman–Crippen MR) is 96.6 cm³/mol. The summed E-state index contributed by atoms with van der Waals surface area (Å²) in [5.41, 5.74) is 7.44. The van der Waals surface area contributed by atoms with E-state index < -0.39 is 0 Å². The van der Waals surface area contributed by atoms with Crippen LogP contribution in [0.5, 0.6) is 0 Å². The highest BCUT2D eigenvalue weighted by atomic mass is 32.1. The number of hydrazine groups is 1. The van der Waals surface area contributed by atoms with Gasteiger partial charge in [0.2, 0.25) is 5.91 Å². The van der Waals surface area contributed by atoms with Crippen LogP contribution in [0.1, 0.15) is 18.5 Å². The van der Waals surface area contributed by atoms with Gasteiger partial charge in [0.15, 0.2) is 5.13 Å². The van der Waals surface area contributed by atoms with E-state index in [0.717, 1.165) is 18.7 Å². The molecule has 3 rings (SSSR count). The summed E-state index contributed by atoms with van der Waals surface area (Å²) in [6, 6.07) is 6.34. The highest BCUT2D eigenvalue weighted by Gasteiger charge is 2.31. The van der Waals surface area contributed by atoms with E-state index in [9.17, 15) is 9.18 Å². The van der Waals surface area contributed by atoms with E-state index in [2.05, 4.69) is 21.2 Å². The minimum Gasteiger partial charge on any atom is -0.301 e. The van der Waals surface area contributed by atoms with Gasteiger partial charge in [-0.05, 0) is 31.7 Å². The maximum absolute atomic E-state index is 13.1. The Kier molecular flexibility index (Phi) is 5.74. The lowest BCUT2D eigenvalue weighted by Gasteiger charge is -2.28. The van der Waals surface area contributed by atoms with Gasteiger partial charge >= 0.3 is 0 Å². The summed E-state index contributed by atoms with van der Waals surface area (Å²) in [5, 5.41) is 5.27. The molecule has 0 saturated carbocycles. The first-order valence-corrected chi connectivity index (χ1v) is 9.07. The first-order valence-electron chi connectivity index (χ1n) is 8.19. The van der Waals surface area contributed by atoms with E-state index in [1.807, 2.05) is 24.3 Å². The molecular weight excluding hydrogens is 341 g/mol. The quantitative estimate of drug-likeness (QED) is 0.732. The number of hydrogen-bond acceptors (Lipinski definition) is 6. The molecule has 3 N–H and O–H groups in total. The molecule has 6 nitrogen and oxygen atoms in total. The molecule has 3 unspecified atom stereocenters. The topological polar surface area (TPSA) is 69.3 Å². The lowest BCUT2D eigenvalue weighted by atomic mass is 9.94. The fraction of sp³-hybridized carbons (Fsp3) is 0.412. The number of anilines is 1. The number of benzene rings is 1. The maximum atomic E-state index is 13.1. The first kappa shape index (κ1) is 17.9. The number of carbonyl (C=O) groups is 1. The average Bonchev–Trinajstić information content (AvgIpc) is 3.27. The molecule has 2 heterocycles. The second kappa shape index (κ2) is 8.01. The van der Waals surface area contributed by atoms with Crippen molar-refractivity contribution in [3.05, 3.63) is 47.2 Å². The lowest BCUT2D eigenvalue weighted by Crippen LogP contribution is -2.43. The number of halogens is 1. The third-order valence-electron chi connectivity index (χ3n) is 4.55. The zero-order valence-corrected chi connectivity index (χ0v) is 15.0. The molecule has 0 bridgehead atoms. The molecule has 0 spiro atoms. The van der Waals surface area contributed by atoms with E-state index in [1.54, 1.807) is 18.3 Å². The van der Waals surface area contributed by atoms with Crippen LogP contribution in [-0.4, -0.2) is 42.0 Å². The zero-order chi connectivity index (χ0) is 17.8. The summed E-state index contributed by atoms with van der Waals surface area (Å²) in [5.74, 6) is -0.0453. The number of carbonyl (C=O) groups excluding carboxylic acids is 1. The summed E-state index contributed by atoms with van der Waals surface area (Å²) in [6.07, 6.45) is 1.66. The van der Waals surface area contributed by atoms with Crippen LogP contribution in [0.4, 0.5) is 9.52 Å². The van der Waals surface area contributed by atoms with Crippen LogP contribution in [0.2, 0.25) is 0 Å². The SMILES string of the molecule is CC(C(=O)Nc1nccs1)N(C)CC1CNNC1c1ccc(F)cc1. The van der Waals surface area contributed by atoms with E-state index >= 15 is 0 Å². The highest BCUT2D eigenvalue weighted by molar-refractivity contribution is 7.13. The molecule has 1 aliphatic heterocycles. The smallest absolute Gasteiger partial charge is 0.243 e. The minimum atomic E-state index is -0.279. The number of hydrogen-bond donors (Lipinski definition) is 3. The van der Waals surface area contributed by atoms with E-state index in [4.69, 9.17) is 0 Å². The van der Waals surface area contributed by atoms with Crippen molar-refractivity contribution in [2.75, 3.05) is 25.5 Å². The summed E-state index contributed by atoms with van der Waals surface area (Å²) in [6.45, 7) is 3.40. The molecule has 134 valence electrons. The monoisotopic (exact) mass is 363 g/mol. The number of thiazole rings is 1. The number of amides is 1. The van der Waals surface area contributed by atoms with Crippen LogP contribution < -0.4 is 16.2 Å². The van der Waals surface area contributed by atoms with E-state index in [0.29, 0.717) is 5.13 Å². The van der Waals surface area contributed by atoms with Crippen molar-refractivity contribution < 1.29 is 9.18 Å². The van der Waals surface area contributed by atoms with Crippen LogP contribution >= 0.6 is 11.3 Å². The molecule has 1 fully saturated rings. The second-order valence-corrected chi connectivity index (χ2v) is 7.15. The molecule has 2 aromatic rings. The van der Waals surface area contributed by atoms with Gasteiger partial charge in [0.1, 0.15) is 5.82 Å². The molecule has 0 aliphatic carbocycles. The van der Waals surface area contributed by atoms with Crippen LogP contribution in [0, 0.1) is 11.7 Å². The molecule has 1 aliphatic rings. The standard InChI is InChI=1S/C17H22FN5OS/c1-11(16(24)21-17-19-7-8-25-17)23(2)10-13-9-20-22-15(13)12-3-5-14(18)6-4-12/h3-8,11,13,15,20,22H,9-10H2,1-2H3,(H,19,21,24). The van der Waals surface area contributed by atoms with Crippen LogP contribution in [0.3, 0.4) is 0 Å². The van der Waals surface area contributed by atoms with Gasteiger partial charge in [-0.1, -0.05) is 12.1 Å². The lowest BCUT2D eigenvalue weighted by molar-refractivity contribution is -0.120. The fourth-order valence-corrected chi connectivity index (χ4v) is 3.49. The number of nitrogens with zero attached hydrogens (tertiary/aromatic N) is 2. The molecule has 8 heteroatoms. The van der Waals surface area contributed by atoms with Crippen LogP contribution in [0.15, 0.2) is 35.8 Å². The van der Waals surface area contributed by atoms with Crippen molar-refractivity contribution in [2.24, 2.45) is 5.92 Å². The van der Waals surface area contributed by atoms with Gasteiger partial charge < -0.3 is 5.32 Å². The van der Waals surface area contributed by atoms with Crippen molar-refractivity contribution >= 4 is 22.4 Å². The van der Waals surface area contributed by atoms with Crippen molar-refractivity contribution in [2.45, 2.75) is 19.0 Å². The Labute approximate surface area is 150 Å². The molecular formula is C17H22FN5OS. The number of nitrogens with one attached hydrogen (secondary N) is 3. The van der Waals surface area contributed by atoms with Gasteiger partial charge in [-0.3, -0.25) is 15.1 Å². The van der Waals surface area contributed by atoms with Crippen molar-refractivity contribution in [3.63, 3.8) is 0 Å². The normalized spacial score (nSPS) is 21.4. The maximum Gasteiger partial charge on any atom is 0.243 e. The zero-order valence-electron chi connectivity index (χ0n) is 14.2. The number of rotatable bonds is 6. The average molecular weight is 363 g/mol. The third-order valence-corrected chi connectivity index (χ3v) is 5.24. The second-order valence-electron chi connectivity index (χ2n) is 6.26. The summed E-state index contributed by atoms with van der Waals surface area (Å²) < 4.78 is 13.1. The Morgan fingerprint density at radius 3 is 2.92 bits per heavy atom. The molecule has 25 heavy (non-hydrogen) atoms. The third kappa shape index (κ3) is 4.40. The van der Waals surface area contributed by atoms with Gasteiger partial charge in [-0.25, -0.2) is 14.8 Å². The predicted octanol–water partition coefficient (Wildman–Crippen LogP) is 2.01. The van der Waals surface area contributed by atoms with Gasteiger partial charge in [0.05, 0.1) is 12.1 Å². The minimum absolute atomic E-state index is 0.0744. The summed E-state index contributed by atoms with van der Waals surface area (Å²) >= 11 is 1.40. The molecule has 1 saturated heterocycles. The van der Waals surface area contributed by atoms with E-state index in [-0.39, 0.29) is 29.7 Å². The van der Waals surface area contributed by atoms with Crippen LogP contribution in [-0.2, 0) is 4.79 Å². The molecule has 1 amide bonds. The van der Waals surface area contributed by atoms with Crippen LogP contribution in [0.25, 0.3) is 0 Å². The summed E-state index contributed by atoms with van der Waals surface area (Å²) in [4.78, 5) is 18.5. The van der Waals surface area contributed by atoms with Crippen molar-refractivity contribution in [3.8, 4) is 0 Å². The molecule has 1 aromatic carbocycles. The van der Waals surface area contributed by atoms with Crippen molar-refractivity contribution in [1.82, 2.24) is 20.7 Å². The highest BCUT2D eigenvalue weighted by Crippen LogP contribution is 2.26. The summed E-state index contributed by atoms with van der Waals surface area (Å²) in [7, 11) is 1.94. The Hall–Kier alpha value is -1.87. The van der Waals surface area contributed by atoms with Gasteiger partial charge in [-0.15, -0.1) is 11.3 Å². The number of likely N-dealkylation sites (N-methyl/N-ethyl adjacent to an activating group) is 1. The van der Waals surface area contributed by atoms with Gasteiger partial charge in [-0.2, -0.15) is 0 Å². The number of aromatic nitrogens is 1. The molecule has 1 aromatic heterocycles. The van der Waals surface area contributed by atoms with Gasteiger partial charge in [0, 0.05) is 30.6 Å². The van der Waals surface area contributed by atoms with Gasteiger partial charge in [0.25, 0.3) is 0 Å². The molecule has 0 radical (unpaired) electrons. The Bertz CT molecular complexity index is 694. The largest absolute Gasteiger partial charge is 0.301 e. The molecule has 3 atom stereocenters. The Morgan fingerprint density at radius 1 is 1.48 bits per heavy atom. The first-order chi connectivity index (χ1) is 12.0. The van der Waals surface area contributed by atoms with Crippen molar-refractivity contribution in [1.29, 1.82) is 0 Å². The van der Waals surface area contributed by atoms with E-state index in [1.165, 1.54) is 23.5 Å². The Morgan fingerprint density at radius 2 is 2.24 bits per heavy atom. The fourth-order valence-electron chi connectivity index (χ4n) is 2.95. The Balaban J connectivity index is 1.59.